The van der Waals surface area contributed by atoms with Crippen LogP contribution in [0.1, 0.15) is 57.9 Å². The lowest BCUT2D eigenvalue weighted by Crippen LogP contribution is -2.53. The summed E-state index contributed by atoms with van der Waals surface area (Å²) in [7, 11) is 0. The van der Waals surface area contributed by atoms with Crippen molar-refractivity contribution in [1.29, 1.82) is 0 Å². The van der Waals surface area contributed by atoms with Gasteiger partial charge in [-0.1, -0.05) is 33.1 Å². The van der Waals surface area contributed by atoms with E-state index in [1.54, 1.807) is 4.90 Å². The first-order chi connectivity index (χ1) is 15.2. The Labute approximate surface area is 187 Å². The molecule has 1 saturated heterocycles. The lowest BCUT2D eigenvalue weighted by atomic mass is 9.88. The number of anilines is 1. The number of carbonyl (C=O) groups is 2. The maximum Gasteiger partial charge on any atom is 0.417 e. The van der Waals surface area contributed by atoms with E-state index in [0.717, 1.165) is 44.4 Å². The molecule has 1 N–H and O–H groups in total. The maximum absolute atomic E-state index is 13.3. The van der Waals surface area contributed by atoms with Crippen molar-refractivity contribution in [3.8, 4) is 0 Å². The average molecular weight is 455 g/mol. The Balaban J connectivity index is 1.61. The topological polar surface area (TPSA) is 65.5 Å². The first-order valence-corrected chi connectivity index (χ1v) is 11.5. The monoisotopic (exact) mass is 454 g/mol. The van der Waals surface area contributed by atoms with Crippen LogP contribution in [0.25, 0.3) is 0 Å². The van der Waals surface area contributed by atoms with Crippen molar-refractivity contribution in [2.45, 2.75) is 64.6 Å². The summed E-state index contributed by atoms with van der Waals surface area (Å²) >= 11 is 0. The molecule has 9 heteroatoms. The highest BCUT2D eigenvalue weighted by Crippen LogP contribution is 2.29. The SMILES string of the molecule is CC(C)C(NC(=O)C1CCCCC1)C(=O)N1CCCN(c2ccc(C(F)(F)F)cn2)CC1. The van der Waals surface area contributed by atoms with Gasteiger partial charge in [0.2, 0.25) is 11.8 Å². The average Bonchev–Trinajstić information content (AvgIpc) is 3.03. The van der Waals surface area contributed by atoms with Crippen molar-refractivity contribution in [2.75, 3.05) is 31.1 Å². The molecule has 3 rings (SSSR count). The van der Waals surface area contributed by atoms with Crippen molar-refractivity contribution in [1.82, 2.24) is 15.2 Å². The Morgan fingerprint density at radius 2 is 1.75 bits per heavy atom. The Morgan fingerprint density at radius 3 is 2.34 bits per heavy atom. The minimum absolute atomic E-state index is 0.0110. The molecule has 2 amide bonds. The standard InChI is InChI=1S/C23H33F3N4O2/c1-16(2)20(28-21(31)17-7-4-3-5-8-17)22(32)30-12-6-11-29(13-14-30)19-10-9-18(15-27-19)23(24,25)26/h9-10,15-17,20H,3-8,11-14H2,1-2H3,(H,28,31). The predicted octanol–water partition coefficient (Wildman–Crippen LogP) is 3.86. The number of aromatic nitrogens is 1. The fourth-order valence-corrected chi connectivity index (χ4v) is 4.45. The van der Waals surface area contributed by atoms with Gasteiger partial charge in [-0.15, -0.1) is 0 Å². The zero-order valence-corrected chi connectivity index (χ0v) is 18.8. The normalized spacial score (nSPS) is 19.6. The van der Waals surface area contributed by atoms with Gasteiger partial charge in [0.15, 0.2) is 0 Å². The molecule has 2 aliphatic rings. The maximum atomic E-state index is 13.3. The lowest BCUT2D eigenvalue weighted by molar-refractivity contribution is -0.138. The van der Waals surface area contributed by atoms with Crippen molar-refractivity contribution in [3.05, 3.63) is 23.9 Å². The van der Waals surface area contributed by atoms with Crippen molar-refractivity contribution in [2.24, 2.45) is 11.8 Å². The van der Waals surface area contributed by atoms with Gasteiger partial charge in [0, 0.05) is 38.3 Å². The Morgan fingerprint density at radius 1 is 1.03 bits per heavy atom. The third kappa shape index (κ3) is 6.13. The molecule has 1 unspecified atom stereocenters. The summed E-state index contributed by atoms with van der Waals surface area (Å²) < 4.78 is 38.4. The molecule has 1 aliphatic heterocycles. The molecule has 1 saturated carbocycles. The van der Waals surface area contributed by atoms with Gasteiger partial charge in [0.05, 0.1) is 5.56 Å². The molecule has 178 valence electrons. The second-order valence-corrected chi connectivity index (χ2v) is 9.13. The molecule has 0 aromatic carbocycles. The fraction of sp³-hybridized carbons (Fsp3) is 0.696. The van der Waals surface area contributed by atoms with Gasteiger partial charge in [0.1, 0.15) is 11.9 Å². The third-order valence-electron chi connectivity index (χ3n) is 6.41. The first kappa shape index (κ1) is 24.3. The fourth-order valence-electron chi connectivity index (χ4n) is 4.45. The predicted molar refractivity (Wildman–Crippen MR) is 116 cm³/mol. The van der Waals surface area contributed by atoms with Gasteiger partial charge >= 0.3 is 6.18 Å². The highest BCUT2D eigenvalue weighted by Gasteiger charge is 2.33. The second-order valence-electron chi connectivity index (χ2n) is 9.13. The van der Waals surface area contributed by atoms with Crippen molar-refractivity contribution in [3.63, 3.8) is 0 Å². The molecule has 0 spiro atoms. The van der Waals surface area contributed by atoms with Gasteiger partial charge in [0.25, 0.3) is 0 Å². The molecule has 0 bridgehead atoms. The highest BCUT2D eigenvalue weighted by atomic mass is 19.4. The molecule has 1 aromatic rings. The van der Waals surface area contributed by atoms with Gasteiger partial charge < -0.3 is 15.1 Å². The van der Waals surface area contributed by atoms with E-state index in [1.807, 2.05) is 18.7 Å². The summed E-state index contributed by atoms with van der Waals surface area (Å²) in [5, 5.41) is 3.00. The summed E-state index contributed by atoms with van der Waals surface area (Å²) in [4.78, 5) is 33.6. The number of halogens is 3. The quantitative estimate of drug-likeness (QED) is 0.734. The van der Waals surface area contributed by atoms with Crippen LogP contribution in [0.2, 0.25) is 0 Å². The van der Waals surface area contributed by atoms with E-state index in [2.05, 4.69) is 10.3 Å². The van der Waals surface area contributed by atoms with Gasteiger partial charge in [-0.2, -0.15) is 13.2 Å². The Hall–Kier alpha value is -2.32. The highest BCUT2D eigenvalue weighted by molar-refractivity contribution is 5.88. The summed E-state index contributed by atoms with van der Waals surface area (Å²) in [6.07, 6.45) is 2.13. The molecular weight excluding hydrogens is 421 g/mol. The Kier molecular flexibility index (Phi) is 8.00. The zero-order chi connectivity index (χ0) is 23.3. The Bertz CT molecular complexity index is 776. The van der Waals surface area contributed by atoms with E-state index in [9.17, 15) is 22.8 Å². The van der Waals surface area contributed by atoms with E-state index in [1.165, 1.54) is 6.07 Å². The number of carbonyl (C=O) groups excluding carboxylic acids is 2. The van der Waals surface area contributed by atoms with E-state index in [4.69, 9.17) is 0 Å². The van der Waals surface area contributed by atoms with Crippen molar-refractivity contribution >= 4 is 17.6 Å². The zero-order valence-electron chi connectivity index (χ0n) is 18.8. The minimum atomic E-state index is -4.42. The minimum Gasteiger partial charge on any atom is -0.355 e. The largest absolute Gasteiger partial charge is 0.417 e. The number of hydrogen-bond donors (Lipinski definition) is 1. The number of hydrogen-bond acceptors (Lipinski definition) is 4. The summed E-state index contributed by atoms with van der Waals surface area (Å²) in [5.74, 6) is 0.306. The molecule has 6 nitrogen and oxygen atoms in total. The second kappa shape index (κ2) is 10.5. The van der Waals surface area contributed by atoms with Crippen LogP contribution < -0.4 is 10.2 Å². The van der Waals surface area contributed by atoms with Gasteiger partial charge in [-0.25, -0.2) is 4.98 Å². The molecule has 1 aromatic heterocycles. The van der Waals surface area contributed by atoms with Crippen molar-refractivity contribution < 1.29 is 22.8 Å². The smallest absolute Gasteiger partial charge is 0.355 e. The summed E-state index contributed by atoms with van der Waals surface area (Å²) in [5.41, 5.74) is -0.777. The molecule has 1 aliphatic carbocycles. The molecule has 2 heterocycles. The van der Waals surface area contributed by atoms with Crippen LogP contribution in [-0.2, 0) is 15.8 Å². The van der Waals surface area contributed by atoms with Crippen LogP contribution in [0.5, 0.6) is 0 Å². The summed E-state index contributed by atoms with van der Waals surface area (Å²) in [6, 6.07) is 1.84. The van der Waals surface area contributed by atoms with Crippen LogP contribution in [0, 0.1) is 11.8 Å². The molecule has 1 atom stereocenters. The first-order valence-electron chi connectivity index (χ1n) is 11.5. The van der Waals surface area contributed by atoms with E-state index in [0.29, 0.717) is 38.4 Å². The number of nitrogens with zero attached hydrogens (tertiary/aromatic N) is 3. The number of rotatable bonds is 5. The number of nitrogens with one attached hydrogen (secondary N) is 1. The van der Waals surface area contributed by atoms with E-state index in [-0.39, 0.29) is 23.7 Å². The van der Waals surface area contributed by atoms with Crippen LogP contribution in [0.15, 0.2) is 18.3 Å². The third-order valence-corrected chi connectivity index (χ3v) is 6.41. The van der Waals surface area contributed by atoms with E-state index >= 15 is 0 Å². The van der Waals surface area contributed by atoms with Crippen LogP contribution in [0.4, 0.5) is 19.0 Å². The molecular formula is C23H33F3N4O2. The number of pyridine rings is 1. The lowest BCUT2D eigenvalue weighted by Gasteiger charge is -2.31. The number of alkyl halides is 3. The molecule has 32 heavy (non-hydrogen) atoms. The van der Waals surface area contributed by atoms with E-state index < -0.39 is 17.8 Å². The van der Waals surface area contributed by atoms with Crippen LogP contribution in [-0.4, -0.2) is 53.9 Å². The van der Waals surface area contributed by atoms with Gasteiger partial charge in [-0.3, -0.25) is 9.59 Å². The number of amides is 2. The van der Waals surface area contributed by atoms with Crippen LogP contribution >= 0.6 is 0 Å². The molecule has 0 radical (unpaired) electrons. The van der Waals surface area contributed by atoms with Gasteiger partial charge in [-0.05, 0) is 37.3 Å². The summed E-state index contributed by atoms with van der Waals surface area (Å²) in [6.45, 7) is 5.91. The molecule has 2 fully saturated rings. The van der Waals surface area contributed by atoms with Crippen LogP contribution in [0.3, 0.4) is 0 Å².